The molecule has 0 heterocycles. The van der Waals surface area contributed by atoms with Crippen molar-refractivity contribution < 1.29 is 4.74 Å². The number of nitrogens with one attached hydrogen (secondary N) is 1. The monoisotopic (exact) mass is 305 g/mol. The largest absolute Gasteiger partial charge is 0.380 e. The number of rotatable bonds is 6. The first-order valence-electron chi connectivity index (χ1n) is 7.46. The van der Waals surface area contributed by atoms with E-state index in [1.165, 1.54) is 10.9 Å². The van der Waals surface area contributed by atoms with E-state index in [1.54, 1.807) is 0 Å². The van der Waals surface area contributed by atoms with Crippen molar-refractivity contribution in [3.63, 3.8) is 0 Å². The molecule has 2 rings (SSSR count). The lowest BCUT2D eigenvalue weighted by atomic mass is 10.0. The summed E-state index contributed by atoms with van der Waals surface area (Å²) in [5, 5.41) is 6.57. The Balaban J connectivity index is 1.86. The van der Waals surface area contributed by atoms with E-state index in [9.17, 15) is 0 Å². The molecule has 0 aliphatic heterocycles. The molecule has 114 valence electrons. The van der Waals surface area contributed by atoms with Gasteiger partial charge in [0.2, 0.25) is 0 Å². The number of benzene rings is 2. The minimum atomic E-state index is 0.149. The SMILES string of the molecule is CC(C)(C)NCCOCCc1ccc(Cl)c2ccccc12. The molecule has 1 N–H and O–H groups in total. The minimum Gasteiger partial charge on any atom is -0.380 e. The molecule has 0 aromatic heterocycles. The van der Waals surface area contributed by atoms with Crippen LogP contribution in [0.4, 0.5) is 0 Å². The molecule has 21 heavy (non-hydrogen) atoms. The Bertz CT molecular complexity index is 589. The Morgan fingerprint density at radius 2 is 1.71 bits per heavy atom. The summed E-state index contributed by atoms with van der Waals surface area (Å²) in [5.74, 6) is 0. The number of ether oxygens (including phenoxy) is 1. The average Bonchev–Trinajstić information content (AvgIpc) is 2.44. The molecular formula is C18H24ClNO. The summed E-state index contributed by atoms with van der Waals surface area (Å²) in [7, 11) is 0. The first-order chi connectivity index (χ1) is 9.97. The van der Waals surface area contributed by atoms with Gasteiger partial charge in [-0.05, 0) is 44.2 Å². The van der Waals surface area contributed by atoms with Crippen molar-refractivity contribution >= 4 is 22.4 Å². The van der Waals surface area contributed by atoms with E-state index in [0.717, 1.165) is 36.6 Å². The maximum atomic E-state index is 6.23. The highest BCUT2D eigenvalue weighted by Gasteiger charge is 2.07. The van der Waals surface area contributed by atoms with Crippen molar-refractivity contribution in [1.29, 1.82) is 0 Å². The topological polar surface area (TPSA) is 21.3 Å². The van der Waals surface area contributed by atoms with Crippen LogP contribution in [0.15, 0.2) is 36.4 Å². The van der Waals surface area contributed by atoms with Crippen LogP contribution in [0.5, 0.6) is 0 Å². The number of fused-ring (bicyclic) bond motifs is 1. The normalized spacial score (nSPS) is 12.0. The van der Waals surface area contributed by atoms with Gasteiger partial charge >= 0.3 is 0 Å². The summed E-state index contributed by atoms with van der Waals surface area (Å²) in [6, 6.07) is 12.3. The lowest BCUT2D eigenvalue weighted by Gasteiger charge is -2.20. The maximum Gasteiger partial charge on any atom is 0.0591 e. The van der Waals surface area contributed by atoms with E-state index in [-0.39, 0.29) is 5.54 Å². The molecule has 0 saturated heterocycles. The quantitative estimate of drug-likeness (QED) is 0.797. The van der Waals surface area contributed by atoms with Crippen molar-refractivity contribution in [3.05, 3.63) is 47.0 Å². The molecular weight excluding hydrogens is 282 g/mol. The summed E-state index contributed by atoms with van der Waals surface area (Å²) < 4.78 is 5.72. The zero-order valence-corrected chi connectivity index (χ0v) is 13.8. The highest BCUT2D eigenvalue weighted by Crippen LogP contribution is 2.26. The predicted octanol–water partition coefficient (Wildman–Crippen LogP) is 4.44. The van der Waals surface area contributed by atoms with E-state index in [4.69, 9.17) is 16.3 Å². The first-order valence-corrected chi connectivity index (χ1v) is 7.84. The second-order valence-electron chi connectivity index (χ2n) is 6.29. The maximum absolute atomic E-state index is 6.23. The number of hydrogen-bond donors (Lipinski definition) is 1. The van der Waals surface area contributed by atoms with E-state index >= 15 is 0 Å². The van der Waals surface area contributed by atoms with Crippen molar-refractivity contribution in [2.24, 2.45) is 0 Å². The third kappa shape index (κ3) is 4.99. The van der Waals surface area contributed by atoms with Gasteiger partial charge in [-0.2, -0.15) is 0 Å². The fraction of sp³-hybridized carbons (Fsp3) is 0.444. The van der Waals surface area contributed by atoms with Crippen molar-refractivity contribution in [3.8, 4) is 0 Å². The first kappa shape index (κ1) is 16.3. The minimum absolute atomic E-state index is 0.149. The lowest BCUT2D eigenvalue weighted by molar-refractivity contribution is 0.134. The molecule has 0 aliphatic carbocycles. The summed E-state index contributed by atoms with van der Waals surface area (Å²) in [6.07, 6.45) is 0.910. The van der Waals surface area contributed by atoms with Crippen LogP contribution in [0.3, 0.4) is 0 Å². The van der Waals surface area contributed by atoms with Gasteiger partial charge in [0.15, 0.2) is 0 Å². The molecule has 0 unspecified atom stereocenters. The van der Waals surface area contributed by atoms with Crippen LogP contribution in [0.25, 0.3) is 10.8 Å². The summed E-state index contributed by atoms with van der Waals surface area (Å²) in [5.41, 5.74) is 1.44. The molecule has 0 fully saturated rings. The van der Waals surface area contributed by atoms with Crippen molar-refractivity contribution in [2.75, 3.05) is 19.8 Å². The Labute approximate surface area is 132 Å². The molecule has 2 aromatic carbocycles. The van der Waals surface area contributed by atoms with E-state index < -0.39 is 0 Å². The predicted molar refractivity (Wildman–Crippen MR) is 91.2 cm³/mol. The molecule has 0 spiro atoms. The second kappa shape index (κ2) is 7.26. The summed E-state index contributed by atoms with van der Waals surface area (Å²) in [4.78, 5) is 0. The third-order valence-corrected chi connectivity index (χ3v) is 3.71. The van der Waals surface area contributed by atoms with Gasteiger partial charge in [-0.15, -0.1) is 0 Å². The summed E-state index contributed by atoms with van der Waals surface area (Å²) >= 11 is 6.23. The average molecular weight is 306 g/mol. The second-order valence-corrected chi connectivity index (χ2v) is 6.70. The van der Waals surface area contributed by atoms with Gasteiger partial charge in [0.1, 0.15) is 0 Å². The van der Waals surface area contributed by atoms with Crippen LogP contribution >= 0.6 is 11.6 Å². The molecule has 2 nitrogen and oxygen atoms in total. The molecule has 3 heteroatoms. The standard InChI is InChI=1S/C18H24ClNO/c1-18(2,3)20-11-13-21-12-10-14-8-9-17(19)16-7-5-4-6-15(14)16/h4-9,20H,10-13H2,1-3H3. The zero-order chi connectivity index (χ0) is 15.3. The molecule has 0 saturated carbocycles. The van der Waals surface area contributed by atoms with Gasteiger partial charge < -0.3 is 10.1 Å². The Morgan fingerprint density at radius 1 is 1.00 bits per heavy atom. The zero-order valence-electron chi connectivity index (χ0n) is 13.1. The van der Waals surface area contributed by atoms with Crippen LogP contribution in [0.1, 0.15) is 26.3 Å². The van der Waals surface area contributed by atoms with Gasteiger partial charge in [-0.25, -0.2) is 0 Å². The highest BCUT2D eigenvalue weighted by atomic mass is 35.5. The lowest BCUT2D eigenvalue weighted by Crippen LogP contribution is -2.38. The third-order valence-electron chi connectivity index (χ3n) is 3.38. The van der Waals surface area contributed by atoms with Gasteiger partial charge in [0.05, 0.1) is 13.2 Å². The van der Waals surface area contributed by atoms with Gasteiger partial charge in [0.25, 0.3) is 0 Å². The highest BCUT2D eigenvalue weighted by molar-refractivity contribution is 6.35. The fourth-order valence-corrected chi connectivity index (χ4v) is 2.55. The van der Waals surface area contributed by atoms with Gasteiger partial charge in [-0.3, -0.25) is 0 Å². The van der Waals surface area contributed by atoms with Crippen LogP contribution in [0.2, 0.25) is 5.02 Å². The van der Waals surface area contributed by atoms with E-state index in [2.05, 4.69) is 50.4 Å². The Hall–Kier alpha value is -1.09. The van der Waals surface area contributed by atoms with Crippen LogP contribution in [-0.4, -0.2) is 25.3 Å². The number of hydrogen-bond acceptors (Lipinski definition) is 2. The van der Waals surface area contributed by atoms with Gasteiger partial charge in [0, 0.05) is 22.5 Å². The van der Waals surface area contributed by atoms with Crippen molar-refractivity contribution in [1.82, 2.24) is 5.32 Å². The van der Waals surface area contributed by atoms with Crippen LogP contribution < -0.4 is 5.32 Å². The fourth-order valence-electron chi connectivity index (χ4n) is 2.33. The molecule has 0 atom stereocenters. The van der Waals surface area contributed by atoms with E-state index in [0.29, 0.717) is 0 Å². The summed E-state index contributed by atoms with van der Waals surface area (Å²) in [6.45, 7) is 8.83. The van der Waals surface area contributed by atoms with Crippen LogP contribution in [0, 0.1) is 0 Å². The molecule has 0 amide bonds. The van der Waals surface area contributed by atoms with Gasteiger partial charge in [-0.1, -0.05) is 41.9 Å². The Kier molecular flexibility index (Phi) is 5.63. The molecule has 0 bridgehead atoms. The number of halogens is 1. The Morgan fingerprint density at radius 3 is 2.43 bits per heavy atom. The molecule has 0 aliphatic rings. The van der Waals surface area contributed by atoms with Crippen molar-refractivity contribution in [2.45, 2.75) is 32.7 Å². The molecule has 2 aromatic rings. The van der Waals surface area contributed by atoms with Crippen LogP contribution in [-0.2, 0) is 11.2 Å². The van der Waals surface area contributed by atoms with E-state index in [1.807, 2.05) is 12.1 Å². The smallest absolute Gasteiger partial charge is 0.0591 e. The molecule has 0 radical (unpaired) electrons.